The lowest BCUT2D eigenvalue weighted by molar-refractivity contribution is 0.669. The normalized spacial score (nSPS) is 11.7. The zero-order valence-electron chi connectivity index (χ0n) is 29.1. The monoisotopic (exact) mass is 709 g/mol. The summed E-state index contributed by atoms with van der Waals surface area (Å²) < 4.78 is 9.84. The number of hydrogen-bond donors (Lipinski definition) is 0. The minimum Gasteiger partial charge on any atom is -0.456 e. The van der Waals surface area contributed by atoms with Gasteiger partial charge in [0.05, 0.1) is 21.3 Å². The molecule has 8 aromatic carbocycles. The van der Waals surface area contributed by atoms with Gasteiger partial charge in [-0.05, 0) is 96.1 Å². The Hall–Kier alpha value is -6.95. The summed E-state index contributed by atoms with van der Waals surface area (Å²) in [5, 5.41) is 5.66. The molecule has 11 aromatic rings. The Balaban J connectivity index is 1.10. The van der Waals surface area contributed by atoms with Gasteiger partial charge >= 0.3 is 0 Å². The van der Waals surface area contributed by atoms with E-state index in [0.29, 0.717) is 0 Å². The molecule has 254 valence electrons. The van der Waals surface area contributed by atoms with Crippen LogP contribution < -0.4 is 4.90 Å². The summed E-state index contributed by atoms with van der Waals surface area (Å²) in [5.41, 5.74) is 13.0. The highest BCUT2D eigenvalue weighted by molar-refractivity contribution is 7.22. The van der Waals surface area contributed by atoms with Crippen LogP contribution in [0.25, 0.3) is 81.3 Å². The maximum Gasteiger partial charge on any atom is 0.135 e. The summed E-state index contributed by atoms with van der Waals surface area (Å²) in [5.74, 6) is 0. The van der Waals surface area contributed by atoms with Gasteiger partial charge in [-0.15, -0.1) is 11.3 Å². The van der Waals surface area contributed by atoms with Gasteiger partial charge in [0.1, 0.15) is 16.2 Å². The molecule has 0 aliphatic heterocycles. The topological polar surface area (TPSA) is 34.2 Å². The lowest BCUT2D eigenvalue weighted by Crippen LogP contribution is -2.09. The van der Waals surface area contributed by atoms with Gasteiger partial charge in [0, 0.05) is 49.9 Å². The minimum absolute atomic E-state index is 0.888. The molecule has 0 atom stereocenters. The molecule has 3 aromatic heterocycles. The summed E-state index contributed by atoms with van der Waals surface area (Å²) in [6, 6.07) is 66.6. The highest BCUT2D eigenvalue weighted by Crippen LogP contribution is 2.43. The van der Waals surface area contributed by atoms with Gasteiger partial charge < -0.3 is 13.9 Å². The first-order valence-corrected chi connectivity index (χ1v) is 18.9. The summed E-state index contributed by atoms with van der Waals surface area (Å²) in [7, 11) is 0. The van der Waals surface area contributed by atoms with Gasteiger partial charge in [-0.3, -0.25) is 0 Å². The van der Waals surface area contributed by atoms with Crippen LogP contribution in [0, 0.1) is 0 Å². The van der Waals surface area contributed by atoms with Gasteiger partial charge in [-0.1, -0.05) is 103 Å². The number of anilines is 3. The number of benzene rings is 8. The second-order valence-corrected chi connectivity index (χ2v) is 14.6. The Bertz CT molecular complexity index is 3100. The lowest BCUT2D eigenvalue weighted by Gasteiger charge is -2.25. The van der Waals surface area contributed by atoms with Crippen molar-refractivity contribution < 1.29 is 4.42 Å². The minimum atomic E-state index is 0.888. The Labute approximate surface area is 315 Å². The van der Waals surface area contributed by atoms with E-state index in [1.165, 1.54) is 32.1 Å². The van der Waals surface area contributed by atoms with Crippen molar-refractivity contribution in [1.29, 1.82) is 0 Å². The molecule has 0 saturated heterocycles. The van der Waals surface area contributed by atoms with Crippen molar-refractivity contribution in [2.45, 2.75) is 0 Å². The number of fused-ring (bicyclic) bond motifs is 8. The third-order valence-electron chi connectivity index (χ3n) is 10.4. The SMILES string of the molecule is c1ccc(-c2nc3ccc4c5cc(-c6ccc(N(c7ccccc7)c7ccccc7)cc6)ccc5n(-c5ccc6oc7ccccc7c6c5)c4c3s2)cc1. The van der Waals surface area contributed by atoms with Crippen molar-refractivity contribution in [2.24, 2.45) is 0 Å². The predicted octanol–water partition coefficient (Wildman–Crippen LogP) is 14.1. The van der Waals surface area contributed by atoms with E-state index in [1.807, 2.05) is 12.1 Å². The van der Waals surface area contributed by atoms with Gasteiger partial charge in [-0.25, -0.2) is 4.98 Å². The molecule has 0 amide bonds. The van der Waals surface area contributed by atoms with E-state index in [-0.39, 0.29) is 0 Å². The largest absolute Gasteiger partial charge is 0.456 e. The van der Waals surface area contributed by atoms with Crippen LogP contribution in [0.1, 0.15) is 0 Å². The first-order chi connectivity index (χ1) is 26.8. The average Bonchev–Trinajstić information content (AvgIpc) is 3.94. The second-order valence-electron chi connectivity index (χ2n) is 13.6. The van der Waals surface area contributed by atoms with Crippen molar-refractivity contribution in [2.75, 3.05) is 4.90 Å². The molecule has 54 heavy (non-hydrogen) atoms. The summed E-state index contributed by atoms with van der Waals surface area (Å²) in [6.07, 6.45) is 0. The predicted molar refractivity (Wildman–Crippen MR) is 227 cm³/mol. The van der Waals surface area contributed by atoms with Crippen molar-refractivity contribution in [3.8, 4) is 27.4 Å². The second kappa shape index (κ2) is 12.3. The number of aromatic nitrogens is 2. The van der Waals surface area contributed by atoms with E-state index in [4.69, 9.17) is 9.40 Å². The Morgan fingerprint density at radius 2 is 1.11 bits per heavy atom. The van der Waals surface area contributed by atoms with E-state index >= 15 is 0 Å². The van der Waals surface area contributed by atoms with Crippen molar-refractivity contribution in [3.05, 3.63) is 188 Å². The van der Waals surface area contributed by atoms with Crippen LogP contribution in [0.15, 0.2) is 192 Å². The fourth-order valence-corrected chi connectivity index (χ4v) is 9.00. The first kappa shape index (κ1) is 30.7. The number of thiazole rings is 1. The maximum absolute atomic E-state index is 6.24. The zero-order chi connectivity index (χ0) is 35.6. The molecular formula is C49H31N3OS. The fraction of sp³-hybridized carbons (Fsp3) is 0. The average molecular weight is 710 g/mol. The Kier molecular flexibility index (Phi) is 7.00. The van der Waals surface area contributed by atoms with Crippen LogP contribution in [0.3, 0.4) is 0 Å². The summed E-state index contributed by atoms with van der Waals surface area (Å²) >= 11 is 1.76. The van der Waals surface area contributed by atoms with E-state index in [1.54, 1.807) is 11.3 Å². The standard InChI is InChI=1S/C49H31N3OS/c1-4-12-33(13-5-1)49-50-43-27-26-40-41-30-34(32-20-23-37(24-21-32)51(35-14-6-2-7-15-35)36-16-8-3-9-17-36)22-28-44(41)52(47(40)48(43)54-49)38-25-29-46-42(31-38)39-18-10-11-19-45(39)53-46/h1-31H. The smallest absolute Gasteiger partial charge is 0.135 e. The highest BCUT2D eigenvalue weighted by Gasteiger charge is 2.20. The van der Waals surface area contributed by atoms with E-state index < -0.39 is 0 Å². The quantitative estimate of drug-likeness (QED) is 0.172. The molecule has 5 heteroatoms. The molecule has 0 spiro atoms. The molecule has 0 N–H and O–H groups in total. The molecule has 0 radical (unpaired) electrons. The highest BCUT2D eigenvalue weighted by atomic mass is 32.1. The third-order valence-corrected chi connectivity index (χ3v) is 11.5. The molecule has 0 aliphatic rings. The zero-order valence-corrected chi connectivity index (χ0v) is 29.9. The molecule has 0 fully saturated rings. The van der Waals surface area contributed by atoms with E-state index in [9.17, 15) is 0 Å². The van der Waals surface area contributed by atoms with Gasteiger partial charge in [-0.2, -0.15) is 0 Å². The van der Waals surface area contributed by atoms with Crippen molar-refractivity contribution in [1.82, 2.24) is 9.55 Å². The molecular weight excluding hydrogens is 679 g/mol. The number of furan rings is 1. The molecule has 0 saturated carbocycles. The van der Waals surface area contributed by atoms with Gasteiger partial charge in [0.25, 0.3) is 0 Å². The van der Waals surface area contributed by atoms with Gasteiger partial charge in [0.15, 0.2) is 0 Å². The summed E-state index contributed by atoms with van der Waals surface area (Å²) in [6.45, 7) is 0. The Morgan fingerprint density at radius 3 is 1.87 bits per heavy atom. The van der Waals surface area contributed by atoms with Crippen LogP contribution in [-0.4, -0.2) is 9.55 Å². The maximum atomic E-state index is 6.24. The fourth-order valence-electron chi connectivity index (χ4n) is 7.89. The van der Waals surface area contributed by atoms with Crippen LogP contribution >= 0.6 is 11.3 Å². The van der Waals surface area contributed by atoms with Crippen LogP contribution in [0.4, 0.5) is 17.1 Å². The van der Waals surface area contributed by atoms with Crippen LogP contribution in [0.2, 0.25) is 0 Å². The molecule has 11 rings (SSSR count). The number of nitrogens with zero attached hydrogens (tertiary/aromatic N) is 3. The Morgan fingerprint density at radius 1 is 0.463 bits per heavy atom. The molecule has 0 aliphatic carbocycles. The van der Waals surface area contributed by atoms with Gasteiger partial charge in [0.2, 0.25) is 0 Å². The van der Waals surface area contributed by atoms with Crippen molar-refractivity contribution >= 4 is 82.4 Å². The number of para-hydroxylation sites is 3. The number of hydrogen-bond acceptors (Lipinski definition) is 4. The molecule has 0 bridgehead atoms. The molecule has 0 unspecified atom stereocenters. The number of rotatable bonds is 6. The summed E-state index contributed by atoms with van der Waals surface area (Å²) in [4.78, 5) is 7.43. The molecule has 4 nitrogen and oxygen atoms in total. The van der Waals surface area contributed by atoms with E-state index in [2.05, 4.69) is 185 Å². The first-order valence-electron chi connectivity index (χ1n) is 18.1. The van der Waals surface area contributed by atoms with Crippen molar-refractivity contribution in [3.63, 3.8) is 0 Å². The lowest BCUT2D eigenvalue weighted by atomic mass is 10.0. The van der Waals surface area contributed by atoms with Crippen LogP contribution in [-0.2, 0) is 0 Å². The van der Waals surface area contributed by atoms with E-state index in [0.717, 1.165) is 66.3 Å². The van der Waals surface area contributed by atoms with Crippen LogP contribution in [0.5, 0.6) is 0 Å². The third kappa shape index (κ3) is 4.94. The molecule has 3 heterocycles.